The summed E-state index contributed by atoms with van der Waals surface area (Å²) < 4.78 is 5.58. The number of benzene rings is 1. The monoisotopic (exact) mass is 415 g/mol. The van der Waals surface area contributed by atoms with Crippen molar-refractivity contribution in [3.05, 3.63) is 40.5 Å². The van der Waals surface area contributed by atoms with E-state index in [1.165, 1.54) is 22.2 Å². The summed E-state index contributed by atoms with van der Waals surface area (Å²) in [5.74, 6) is 1.92. The number of nitrogens with zero attached hydrogens (tertiary/aromatic N) is 2. The Hall–Kier alpha value is -2.12. The lowest BCUT2D eigenvalue weighted by molar-refractivity contribution is -0.113. The van der Waals surface area contributed by atoms with Crippen LogP contribution in [0.5, 0.6) is 5.75 Å². The number of ether oxygens (including phenoxy) is 1. The molecule has 148 valence electrons. The smallest absolute Gasteiger partial charge is 0.234 e. The first kappa shape index (κ1) is 20.6. The number of thioether (sulfide) groups is 1. The molecule has 0 unspecified atom stereocenters. The SMILES string of the molecule is CCOc1ccccc1NC(=O)CSc1nc(C(C)C)nc2sc(C)c(C)c12. The standard InChI is InChI=1S/C21H25N3O2S2/c1-6-26-16-10-8-7-9-15(16)22-17(25)11-27-20-18-13(4)14(5)28-21(18)24-19(23-20)12(2)3/h7-10,12H,6,11H2,1-5H3,(H,22,25). The van der Waals surface area contributed by atoms with Crippen molar-refractivity contribution in [2.24, 2.45) is 0 Å². The number of carbonyl (C=O) groups is 1. The van der Waals surface area contributed by atoms with Crippen molar-refractivity contribution in [1.82, 2.24) is 9.97 Å². The van der Waals surface area contributed by atoms with E-state index in [-0.39, 0.29) is 17.6 Å². The number of rotatable bonds is 7. The van der Waals surface area contributed by atoms with E-state index in [4.69, 9.17) is 14.7 Å². The van der Waals surface area contributed by atoms with Crippen LogP contribution in [0.25, 0.3) is 10.2 Å². The molecule has 2 heterocycles. The first-order chi connectivity index (χ1) is 13.4. The summed E-state index contributed by atoms with van der Waals surface area (Å²) >= 11 is 3.15. The Morgan fingerprint density at radius 1 is 1.25 bits per heavy atom. The minimum absolute atomic E-state index is 0.0837. The van der Waals surface area contributed by atoms with E-state index >= 15 is 0 Å². The first-order valence-corrected chi connectivity index (χ1v) is 11.1. The summed E-state index contributed by atoms with van der Waals surface area (Å²) in [5, 5.41) is 4.89. The summed E-state index contributed by atoms with van der Waals surface area (Å²) in [5.41, 5.74) is 1.88. The average Bonchev–Trinajstić information content (AvgIpc) is 2.95. The zero-order valence-corrected chi connectivity index (χ0v) is 18.5. The van der Waals surface area contributed by atoms with E-state index in [9.17, 15) is 4.79 Å². The van der Waals surface area contributed by atoms with Gasteiger partial charge in [0.25, 0.3) is 0 Å². The molecular formula is C21H25N3O2S2. The Labute approximate surface area is 173 Å². The van der Waals surface area contributed by atoms with Crippen LogP contribution in [0.15, 0.2) is 29.3 Å². The molecule has 28 heavy (non-hydrogen) atoms. The summed E-state index contributed by atoms with van der Waals surface area (Å²) in [6.07, 6.45) is 0. The van der Waals surface area contributed by atoms with Crippen LogP contribution in [0, 0.1) is 13.8 Å². The Morgan fingerprint density at radius 2 is 2.00 bits per heavy atom. The maximum absolute atomic E-state index is 12.6. The molecule has 1 amide bonds. The van der Waals surface area contributed by atoms with Gasteiger partial charge >= 0.3 is 0 Å². The minimum atomic E-state index is -0.0837. The van der Waals surface area contributed by atoms with Crippen LogP contribution in [0.4, 0.5) is 5.69 Å². The molecular weight excluding hydrogens is 390 g/mol. The van der Waals surface area contributed by atoms with Gasteiger partial charge in [0.05, 0.1) is 18.0 Å². The third-order valence-electron chi connectivity index (χ3n) is 4.33. The van der Waals surface area contributed by atoms with Crippen molar-refractivity contribution < 1.29 is 9.53 Å². The number of anilines is 1. The minimum Gasteiger partial charge on any atom is -0.492 e. The van der Waals surface area contributed by atoms with Gasteiger partial charge in [0.15, 0.2) is 0 Å². The van der Waals surface area contributed by atoms with Crippen LogP contribution in [0.1, 0.15) is 43.0 Å². The Morgan fingerprint density at radius 3 is 2.71 bits per heavy atom. The highest BCUT2D eigenvalue weighted by Crippen LogP contribution is 2.36. The van der Waals surface area contributed by atoms with Crippen LogP contribution in [-0.4, -0.2) is 28.2 Å². The van der Waals surface area contributed by atoms with E-state index in [0.717, 1.165) is 21.1 Å². The number of fused-ring (bicyclic) bond motifs is 1. The van der Waals surface area contributed by atoms with Gasteiger partial charge in [0.2, 0.25) is 5.91 Å². The molecule has 0 bridgehead atoms. The van der Waals surface area contributed by atoms with Crippen molar-refractivity contribution in [3.63, 3.8) is 0 Å². The van der Waals surface area contributed by atoms with Gasteiger partial charge in [-0.2, -0.15) is 0 Å². The van der Waals surface area contributed by atoms with Gasteiger partial charge in [-0.15, -0.1) is 11.3 Å². The highest BCUT2D eigenvalue weighted by molar-refractivity contribution is 8.00. The van der Waals surface area contributed by atoms with E-state index < -0.39 is 0 Å². The molecule has 1 N–H and O–H groups in total. The van der Waals surface area contributed by atoms with Gasteiger partial charge in [-0.25, -0.2) is 9.97 Å². The number of thiophene rings is 1. The van der Waals surface area contributed by atoms with Gasteiger partial charge < -0.3 is 10.1 Å². The number of amides is 1. The lowest BCUT2D eigenvalue weighted by Crippen LogP contribution is -2.15. The highest BCUT2D eigenvalue weighted by Gasteiger charge is 2.17. The van der Waals surface area contributed by atoms with Gasteiger partial charge in [0.1, 0.15) is 21.4 Å². The summed E-state index contributed by atoms with van der Waals surface area (Å²) in [7, 11) is 0. The van der Waals surface area contributed by atoms with Crippen molar-refractivity contribution in [2.45, 2.75) is 45.6 Å². The fourth-order valence-corrected chi connectivity index (χ4v) is 4.76. The lowest BCUT2D eigenvalue weighted by atomic mass is 10.2. The predicted molar refractivity (Wildman–Crippen MR) is 118 cm³/mol. The number of aromatic nitrogens is 2. The molecule has 3 aromatic rings. The third kappa shape index (κ3) is 4.47. The first-order valence-electron chi connectivity index (χ1n) is 9.32. The van der Waals surface area contributed by atoms with Crippen molar-refractivity contribution in [3.8, 4) is 5.75 Å². The van der Waals surface area contributed by atoms with E-state index in [1.54, 1.807) is 11.3 Å². The van der Waals surface area contributed by atoms with Crippen LogP contribution in [-0.2, 0) is 4.79 Å². The molecule has 0 atom stereocenters. The number of hydrogen-bond acceptors (Lipinski definition) is 6. The molecule has 0 aliphatic heterocycles. The number of para-hydroxylation sites is 2. The molecule has 0 spiro atoms. The van der Waals surface area contributed by atoms with Gasteiger partial charge in [-0.1, -0.05) is 37.7 Å². The van der Waals surface area contributed by atoms with Gasteiger partial charge in [-0.05, 0) is 38.5 Å². The van der Waals surface area contributed by atoms with Crippen molar-refractivity contribution in [2.75, 3.05) is 17.7 Å². The second-order valence-electron chi connectivity index (χ2n) is 6.77. The quantitative estimate of drug-likeness (QED) is 0.404. The normalized spacial score (nSPS) is 11.2. The van der Waals surface area contributed by atoms with Crippen LogP contribution >= 0.6 is 23.1 Å². The van der Waals surface area contributed by atoms with Crippen LogP contribution < -0.4 is 10.1 Å². The topological polar surface area (TPSA) is 64.1 Å². The number of hydrogen-bond donors (Lipinski definition) is 1. The molecule has 1 aromatic carbocycles. The number of carbonyl (C=O) groups excluding carboxylic acids is 1. The summed E-state index contributed by atoms with van der Waals surface area (Å²) in [6, 6.07) is 7.47. The van der Waals surface area contributed by atoms with E-state index in [1.807, 2.05) is 31.2 Å². The number of nitrogens with one attached hydrogen (secondary N) is 1. The fraction of sp³-hybridized carbons (Fsp3) is 0.381. The zero-order chi connectivity index (χ0) is 20.3. The zero-order valence-electron chi connectivity index (χ0n) is 16.8. The molecule has 0 saturated carbocycles. The molecule has 0 fully saturated rings. The molecule has 2 aromatic heterocycles. The molecule has 0 aliphatic carbocycles. The number of aryl methyl sites for hydroxylation is 2. The predicted octanol–water partition coefficient (Wildman–Crippen LogP) is 5.56. The van der Waals surface area contributed by atoms with Crippen molar-refractivity contribution >= 4 is 44.9 Å². The summed E-state index contributed by atoms with van der Waals surface area (Å²) in [6.45, 7) is 10.8. The maximum atomic E-state index is 12.6. The molecule has 0 saturated heterocycles. The highest BCUT2D eigenvalue weighted by atomic mass is 32.2. The largest absolute Gasteiger partial charge is 0.492 e. The maximum Gasteiger partial charge on any atom is 0.234 e. The summed E-state index contributed by atoms with van der Waals surface area (Å²) in [4.78, 5) is 24.3. The molecule has 5 nitrogen and oxygen atoms in total. The Bertz CT molecular complexity index is 999. The second kappa shape index (κ2) is 8.92. The van der Waals surface area contributed by atoms with Crippen molar-refractivity contribution in [1.29, 1.82) is 0 Å². The average molecular weight is 416 g/mol. The lowest BCUT2D eigenvalue weighted by Gasteiger charge is -2.12. The van der Waals surface area contributed by atoms with E-state index in [0.29, 0.717) is 18.0 Å². The van der Waals surface area contributed by atoms with Crippen LogP contribution in [0.2, 0.25) is 0 Å². The van der Waals surface area contributed by atoms with Gasteiger partial charge in [0, 0.05) is 16.2 Å². The van der Waals surface area contributed by atoms with E-state index in [2.05, 4.69) is 33.0 Å². The Balaban J connectivity index is 1.80. The second-order valence-corrected chi connectivity index (χ2v) is 8.94. The molecule has 0 radical (unpaired) electrons. The molecule has 0 aliphatic rings. The Kier molecular flexibility index (Phi) is 6.57. The molecule has 7 heteroatoms. The fourth-order valence-electron chi connectivity index (χ4n) is 2.76. The van der Waals surface area contributed by atoms with Crippen LogP contribution in [0.3, 0.4) is 0 Å². The van der Waals surface area contributed by atoms with Gasteiger partial charge in [-0.3, -0.25) is 4.79 Å². The third-order valence-corrected chi connectivity index (χ3v) is 6.41. The molecule has 3 rings (SSSR count).